The number of nitrogens with zero attached hydrogens (tertiary/aromatic N) is 6. The quantitative estimate of drug-likeness (QED) is 0.298. The number of benzene rings is 2. The maximum atomic E-state index is 16.6. The van der Waals surface area contributed by atoms with E-state index < -0.39 is 29.6 Å². The fourth-order valence-corrected chi connectivity index (χ4v) is 7.20. The number of halogens is 3. The van der Waals surface area contributed by atoms with Crippen LogP contribution < -0.4 is 9.64 Å². The first-order chi connectivity index (χ1) is 21.3. The maximum Gasteiger partial charge on any atom is 0.319 e. The Morgan fingerprint density at radius 2 is 2.05 bits per heavy atom. The van der Waals surface area contributed by atoms with Crippen molar-refractivity contribution in [2.75, 3.05) is 37.7 Å². The molecule has 2 aromatic heterocycles. The predicted octanol–water partition coefficient (Wildman–Crippen LogP) is 5.31. The highest BCUT2D eigenvalue weighted by Crippen LogP contribution is 2.42. The van der Waals surface area contributed by atoms with Gasteiger partial charge >= 0.3 is 6.01 Å². The van der Waals surface area contributed by atoms with E-state index in [0.717, 1.165) is 19.4 Å². The third-order valence-corrected chi connectivity index (χ3v) is 9.26. The highest BCUT2D eigenvalue weighted by Gasteiger charge is 2.49. The molecule has 224 valence electrons. The summed E-state index contributed by atoms with van der Waals surface area (Å²) in [4.78, 5) is 17.3. The lowest BCUT2D eigenvalue weighted by Gasteiger charge is -2.31. The Hall–Kier alpha value is -4.61. The number of fused-ring (bicyclic) bond motifs is 3. The number of alkyl halides is 2. The van der Waals surface area contributed by atoms with Crippen LogP contribution in [0.4, 0.5) is 19.0 Å². The molecule has 3 aliphatic heterocycles. The number of anilines is 1. The Morgan fingerprint density at radius 3 is 2.86 bits per heavy atom. The summed E-state index contributed by atoms with van der Waals surface area (Å²) in [5, 5.41) is 21.1. The van der Waals surface area contributed by atoms with Crippen molar-refractivity contribution < 1.29 is 23.0 Å². The van der Waals surface area contributed by atoms with Crippen LogP contribution in [0.3, 0.4) is 0 Å². The Bertz CT molecular complexity index is 1870. The second-order valence-electron chi connectivity index (χ2n) is 12.0. The van der Waals surface area contributed by atoms with E-state index in [1.165, 1.54) is 12.3 Å². The summed E-state index contributed by atoms with van der Waals surface area (Å²) in [5.74, 6) is 1.46. The molecule has 3 saturated heterocycles. The Kier molecular flexibility index (Phi) is 6.94. The van der Waals surface area contributed by atoms with Crippen LogP contribution in [0.15, 0.2) is 36.5 Å². The molecule has 0 saturated carbocycles. The first-order valence-corrected chi connectivity index (χ1v) is 14.7. The fraction of sp³-hybridized carbons (Fsp3) is 0.394. The van der Waals surface area contributed by atoms with Crippen LogP contribution in [-0.4, -0.2) is 75.6 Å². The summed E-state index contributed by atoms with van der Waals surface area (Å²) in [6.45, 7) is 1.42. The zero-order valence-corrected chi connectivity index (χ0v) is 23.8. The lowest BCUT2D eigenvalue weighted by molar-refractivity contribution is 0.107. The average Bonchev–Trinajstić information content (AvgIpc) is 3.66. The zero-order valence-electron chi connectivity index (χ0n) is 23.8. The smallest absolute Gasteiger partial charge is 0.319 e. The fourth-order valence-electron chi connectivity index (χ4n) is 7.20. The van der Waals surface area contributed by atoms with Crippen molar-refractivity contribution >= 4 is 27.5 Å². The van der Waals surface area contributed by atoms with Gasteiger partial charge in [-0.15, -0.1) is 6.42 Å². The molecule has 3 aliphatic rings. The van der Waals surface area contributed by atoms with Gasteiger partial charge in [-0.1, -0.05) is 18.1 Å². The molecule has 0 aliphatic carbocycles. The Labute approximate surface area is 252 Å². The number of nitriles is 1. The summed E-state index contributed by atoms with van der Waals surface area (Å²) < 4.78 is 52.1. The van der Waals surface area contributed by atoms with Crippen LogP contribution in [0.5, 0.6) is 11.8 Å². The van der Waals surface area contributed by atoms with Gasteiger partial charge in [-0.05, 0) is 43.0 Å². The number of phenolic OH excluding ortho intramolecular Hbond substituents is 1. The Balaban J connectivity index is 1.36. The summed E-state index contributed by atoms with van der Waals surface area (Å²) in [6.07, 6.45) is 7.03. The molecule has 8 nitrogen and oxygen atoms in total. The van der Waals surface area contributed by atoms with Gasteiger partial charge in [0.2, 0.25) is 0 Å². The van der Waals surface area contributed by atoms with Crippen LogP contribution in [0.2, 0.25) is 0 Å². The number of ether oxygens (including phenoxy) is 1. The number of phenols is 1. The molecular formula is C33H29F3N6O2. The van der Waals surface area contributed by atoms with Gasteiger partial charge in [0, 0.05) is 54.6 Å². The number of aromatic hydroxyl groups is 1. The molecule has 0 amide bonds. The summed E-state index contributed by atoms with van der Waals surface area (Å²) in [6, 6.07) is 10.1. The van der Waals surface area contributed by atoms with Crippen molar-refractivity contribution in [2.45, 2.75) is 43.6 Å². The number of aromatic nitrogens is 3. The van der Waals surface area contributed by atoms with Crippen molar-refractivity contribution in [1.29, 1.82) is 5.26 Å². The van der Waals surface area contributed by atoms with E-state index in [0.29, 0.717) is 29.3 Å². The van der Waals surface area contributed by atoms with Gasteiger partial charge < -0.3 is 14.7 Å². The first kappa shape index (κ1) is 28.2. The van der Waals surface area contributed by atoms with Crippen LogP contribution >= 0.6 is 0 Å². The lowest BCUT2D eigenvalue weighted by Crippen LogP contribution is -2.43. The second kappa shape index (κ2) is 10.8. The number of rotatable bonds is 6. The standard InChI is InChI=1S/C33H29F3N6O2/c1-2-19-5-3-6-20-11-23(43)12-24(27(19)20)29-28(36)30-25(14-38-29)31(41-15-21(7-9-37)26(35)17-41)40-32(39-30)44-18-33-8-4-10-42(33)16-22(34)13-33/h1,3,5-6,11-12,14,21-22,26,43H,4,7-8,10,13,15-18H2/t21-,22+,26-,33-/m0/s1. The number of hydrogen-bond acceptors (Lipinski definition) is 8. The minimum absolute atomic E-state index is 0.0334. The maximum absolute atomic E-state index is 16.6. The van der Waals surface area contributed by atoms with Crippen molar-refractivity contribution in [3.05, 3.63) is 47.9 Å². The topological polar surface area (TPSA) is 98.4 Å². The van der Waals surface area contributed by atoms with Gasteiger partial charge in [0.25, 0.3) is 0 Å². The van der Waals surface area contributed by atoms with Crippen LogP contribution in [0.1, 0.15) is 31.2 Å². The third-order valence-electron chi connectivity index (χ3n) is 9.26. The van der Waals surface area contributed by atoms with Gasteiger partial charge in [0.1, 0.15) is 41.7 Å². The molecule has 4 atom stereocenters. The van der Waals surface area contributed by atoms with E-state index in [9.17, 15) is 19.1 Å². The normalized spacial score (nSPS) is 24.9. The van der Waals surface area contributed by atoms with E-state index in [4.69, 9.17) is 11.2 Å². The summed E-state index contributed by atoms with van der Waals surface area (Å²) in [7, 11) is 0. The van der Waals surface area contributed by atoms with Crippen molar-refractivity contribution in [2.24, 2.45) is 5.92 Å². The molecule has 0 spiro atoms. The number of hydrogen-bond donors (Lipinski definition) is 1. The molecule has 5 heterocycles. The second-order valence-corrected chi connectivity index (χ2v) is 12.0. The number of terminal acetylenes is 1. The minimum atomic E-state index is -1.27. The summed E-state index contributed by atoms with van der Waals surface area (Å²) in [5.41, 5.74) is 0.125. The van der Waals surface area contributed by atoms with E-state index in [2.05, 4.69) is 25.8 Å². The van der Waals surface area contributed by atoms with Gasteiger partial charge in [0.15, 0.2) is 5.82 Å². The van der Waals surface area contributed by atoms with E-state index >= 15 is 4.39 Å². The highest BCUT2D eigenvalue weighted by molar-refractivity contribution is 6.02. The molecule has 7 rings (SSSR count). The van der Waals surface area contributed by atoms with Gasteiger partial charge in [-0.3, -0.25) is 9.88 Å². The molecule has 11 heteroatoms. The molecule has 3 fully saturated rings. The molecule has 1 N–H and O–H groups in total. The van der Waals surface area contributed by atoms with Gasteiger partial charge in [-0.2, -0.15) is 15.2 Å². The SMILES string of the molecule is C#Cc1cccc2cc(O)cc(-c3ncc4c(N5C[C@H](CC#N)[C@@H](F)C5)nc(OC[C@@]56CCCN5C[C@H](F)C6)nc4c3F)c12. The van der Waals surface area contributed by atoms with Crippen molar-refractivity contribution in [1.82, 2.24) is 19.9 Å². The third kappa shape index (κ3) is 4.63. The average molecular weight is 599 g/mol. The van der Waals surface area contributed by atoms with E-state index in [-0.39, 0.29) is 65.9 Å². The largest absolute Gasteiger partial charge is 0.508 e. The van der Waals surface area contributed by atoms with Crippen molar-refractivity contribution in [3.63, 3.8) is 0 Å². The molecule has 0 unspecified atom stereocenters. The van der Waals surface area contributed by atoms with Crippen LogP contribution in [0, 0.1) is 35.4 Å². The zero-order chi connectivity index (χ0) is 30.6. The van der Waals surface area contributed by atoms with Gasteiger partial charge in [0.05, 0.1) is 23.5 Å². The molecule has 0 bridgehead atoms. The monoisotopic (exact) mass is 598 g/mol. The van der Waals surface area contributed by atoms with Crippen LogP contribution in [0.25, 0.3) is 32.9 Å². The first-order valence-electron chi connectivity index (χ1n) is 14.7. The number of pyridine rings is 1. The van der Waals surface area contributed by atoms with Crippen molar-refractivity contribution in [3.8, 4) is 41.4 Å². The predicted molar refractivity (Wildman–Crippen MR) is 159 cm³/mol. The Morgan fingerprint density at radius 1 is 1.18 bits per heavy atom. The van der Waals surface area contributed by atoms with Gasteiger partial charge in [-0.25, -0.2) is 13.2 Å². The molecule has 0 radical (unpaired) electrons. The van der Waals surface area contributed by atoms with E-state index in [1.807, 2.05) is 6.07 Å². The molecule has 4 aromatic rings. The van der Waals surface area contributed by atoms with Crippen LogP contribution in [-0.2, 0) is 0 Å². The highest BCUT2D eigenvalue weighted by atomic mass is 19.1. The van der Waals surface area contributed by atoms with E-state index in [1.54, 1.807) is 29.2 Å². The summed E-state index contributed by atoms with van der Waals surface area (Å²) >= 11 is 0. The molecule has 2 aromatic carbocycles. The lowest BCUT2D eigenvalue weighted by atomic mass is 9.95. The minimum Gasteiger partial charge on any atom is -0.508 e. The molecular weight excluding hydrogens is 569 g/mol. The molecule has 44 heavy (non-hydrogen) atoms.